The molecule has 0 radical (unpaired) electrons. The van der Waals surface area contributed by atoms with Crippen molar-refractivity contribution < 1.29 is 0 Å². The summed E-state index contributed by atoms with van der Waals surface area (Å²) in [5.41, 5.74) is 8.27. The topological polar surface area (TPSA) is 38.0 Å². The smallest absolute Gasteiger partial charge is 0.106 e. The van der Waals surface area contributed by atoms with Gasteiger partial charge in [-0.2, -0.15) is 0 Å². The summed E-state index contributed by atoms with van der Waals surface area (Å²) in [6.45, 7) is 0. The van der Waals surface area contributed by atoms with Crippen molar-refractivity contribution in [3.63, 3.8) is 0 Å². The fourth-order valence-electron chi connectivity index (χ4n) is 1.53. The van der Waals surface area contributed by atoms with E-state index in [2.05, 4.69) is 5.32 Å². The highest BCUT2D eigenvalue weighted by Gasteiger charge is 2.04. The molecule has 0 amide bonds. The van der Waals surface area contributed by atoms with Gasteiger partial charge in [-0.1, -0.05) is 42.0 Å². The van der Waals surface area contributed by atoms with E-state index in [1.54, 1.807) is 0 Å². The van der Waals surface area contributed by atoms with Crippen molar-refractivity contribution in [1.82, 2.24) is 0 Å². The second-order valence-corrected chi connectivity index (χ2v) is 4.42. The lowest BCUT2D eigenvalue weighted by atomic mass is 10.1. The second-order valence-electron chi connectivity index (χ2n) is 3.55. The molecule has 0 heterocycles. The largest absolute Gasteiger partial charge is 0.389 e. The molecule has 3 N–H and O–H groups in total. The average molecular weight is 263 g/mol. The van der Waals surface area contributed by atoms with Crippen molar-refractivity contribution in [3.8, 4) is 0 Å². The first kappa shape index (κ1) is 11.9. The van der Waals surface area contributed by atoms with E-state index in [-0.39, 0.29) is 0 Å². The maximum Gasteiger partial charge on any atom is 0.106 e. The molecule has 4 heteroatoms. The van der Waals surface area contributed by atoms with Gasteiger partial charge in [-0.3, -0.25) is 0 Å². The van der Waals surface area contributed by atoms with Gasteiger partial charge in [0.2, 0.25) is 0 Å². The second kappa shape index (κ2) is 5.17. The zero-order valence-corrected chi connectivity index (χ0v) is 10.6. The summed E-state index contributed by atoms with van der Waals surface area (Å²) in [5.74, 6) is 0. The van der Waals surface area contributed by atoms with Crippen LogP contribution in [0.5, 0.6) is 0 Å². The zero-order chi connectivity index (χ0) is 12.3. The minimum absolute atomic E-state index is 0.370. The Balaban J connectivity index is 2.33. The number of rotatable bonds is 3. The Morgan fingerprint density at radius 1 is 1.12 bits per heavy atom. The minimum Gasteiger partial charge on any atom is -0.389 e. The maximum absolute atomic E-state index is 5.92. The van der Waals surface area contributed by atoms with Crippen molar-refractivity contribution in [2.75, 3.05) is 5.32 Å². The molecule has 0 atom stereocenters. The van der Waals surface area contributed by atoms with Crippen LogP contribution in [0.2, 0.25) is 5.02 Å². The van der Waals surface area contributed by atoms with Crippen molar-refractivity contribution in [2.45, 2.75) is 0 Å². The predicted octanol–water partition coefficient (Wildman–Crippen LogP) is 3.72. The molecule has 2 nitrogen and oxygen atoms in total. The van der Waals surface area contributed by atoms with Crippen LogP contribution in [0.4, 0.5) is 11.4 Å². The molecular formula is C13H11ClN2S. The van der Waals surface area contributed by atoms with Crippen molar-refractivity contribution in [3.05, 3.63) is 59.1 Å². The predicted molar refractivity (Wildman–Crippen MR) is 77.1 cm³/mol. The monoisotopic (exact) mass is 262 g/mol. The third-order valence-electron chi connectivity index (χ3n) is 2.30. The number of thiocarbonyl (C=S) groups is 1. The van der Waals surface area contributed by atoms with E-state index in [0.717, 1.165) is 16.9 Å². The van der Waals surface area contributed by atoms with Crippen LogP contribution in [0, 0.1) is 0 Å². The average Bonchev–Trinajstić information content (AvgIpc) is 2.29. The normalized spacial score (nSPS) is 9.94. The van der Waals surface area contributed by atoms with Crippen LogP contribution in [0.3, 0.4) is 0 Å². The number of benzene rings is 2. The molecule has 0 saturated carbocycles. The summed E-state index contributed by atoms with van der Waals surface area (Å²) < 4.78 is 0. The number of anilines is 2. The van der Waals surface area contributed by atoms with E-state index in [1.807, 2.05) is 48.5 Å². The van der Waals surface area contributed by atoms with Gasteiger partial charge in [0.15, 0.2) is 0 Å². The summed E-state index contributed by atoms with van der Waals surface area (Å²) in [4.78, 5) is 0.370. The molecule has 0 unspecified atom stereocenters. The number of para-hydroxylation sites is 1. The standard InChI is InChI=1S/C13H11ClN2S/c14-9-4-3-5-10(8-9)16-12-7-2-1-6-11(12)13(15)17/h1-8,16H,(H2,15,17). The maximum atomic E-state index is 5.92. The van der Waals surface area contributed by atoms with E-state index >= 15 is 0 Å². The lowest BCUT2D eigenvalue weighted by Gasteiger charge is -2.11. The van der Waals surface area contributed by atoms with Gasteiger partial charge in [0, 0.05) is 22.0 Å². The van der Waals surface area contributed by atoms with E-state index < -0.39 is 0 Å². The highest BCUT2D eigenvalue weighted by atomic mass is 35.5. The van der Waals surface area contributed by atoms with Crippen LogP contribution < -0.4 is 11.1 Å². The number of nitrogens with one attached hydrogen (secondary N) is 1. The molecule has 2 rings (SSSR count). The van der Waals surface area contributed by atoms with Crippen LogP contribution in [0.15, 0.2) is 48.5 Å². The van der Waals surface area contributed by atoms with Crippen molar-refractivity contribution in [1.29, 1.82) is 0 Å². The number of nitrogens with two attached hydrogens (primary N) is 1. The van der Waals surface area contributed by atoms with Crippen LogP contribution in [-0.4, -0.2) is 4.99 Å². The van der Waals surface area contributed by atoms with E-state index in [9.17, 15) is 0 Å². The van der Waals surface area contributed by atoms with Gasteiger partial charge in [-0.05, 0) is 30.3 Å². The van der Waals surface area contributed by atoms with Crippen LogP contribution in [0.25, 0.3) is 0 Å². The SMILES string of the molecule is NC(=S)c1ccccc1Nc1cccc(Cl)c1. The molecule has 0 saturated heterocycles. The molecule has 0 spiro atoms. The lowest BCUT2D eigenvalue weighted by Crippen LogP contribution is -2.11. The quantitative estimate of drug-likeness (QED) is 0.828. The van der Waals surface area contributed by atoms with Gasteiger partial charge < -0.3 is 11.1 Å². The van der Waals surface area contributed by atoms with E-state index in [4.69, 9.17) is 29.6 Å². The lowest BCUT2D eigenvalue weighted by molar-refractivity contribution is 1.52. The molecule has 86 valence electrons. The van der Waals surface area contributed by atoms with Crippen molar-refractivity contribution in [2.24, 2.45) is 5.73 Å². The van der Waals surface area contributed by atoms with E-state index in [1.165, 1.54) is 0 Å². The van der Waals surface area contributed by atoms with Gasteiger partial charge in [-0.25, -0.2) is 0 Å². The molecule has 2 aromatic rings. The molecule has 0 aromatic heterocycles. The molecular weight excluding hydrogens is 252 g/mol. The third kappa shape index (κ3) is 2.96. The Bertz CT molecular complexity index is 555. The van der Waals surface area contributed by atoms with Gasteiger partial charge in [0.05, 0.1) is 0 Å². The Hall–Kier alpha value is -1.58. The highest BCUT2D eigenvalue weighted by Crippen LogP contribution is 2.22. The third-order valence-corrected chi connectivity index (χ3v) is 2.75. The number of hydrogen-bond acceptors (Lipinski definition) is 2. The summed E-state index contributed by atoms with van der Waals surface area (Å²) >= 11 is 10.9. The van der Waals surface area contributed by atoms with Gasteiger partial charge >= 0.3 is 0 Å². The summed E-state index contributed by atoms with van der Waals surface area (Å²) in [5, 5.41) is 3.93. The Kier molecular flexibility index (Phi) is 3.61. The molecule has 0 fully saturated rings. The fraction of sp³-hybridized carbons (Fsp3) is 0. The Morgan fingerprint density at radius 3 is 2.59 bits per heavy atom. The number of hydrogen-bond donors (Lipinski definition) is 2. The van der Waals surface area contributed by atoms with Gasteiger partial charge in [0.1, 0.15) is 4.99 Å². The van der Waals surface area contributed by atoms with Gasteiger partial charge in [0.25, 0.3) is 0 Å². The zero-order valence-electron chi connectivity index (χ0n) is 8.98. The molecule has 0 aliphatic rings. The Morgan fingerprint density at radius 2 is 1.88 bits per heavy atom. The molecule has 0 aliphatic carbocycles. The van der Waals surface area contributed by atoms with Crippen LogP contribution in [-0.2, 0) is 0 Å². The molecule has 0 aliphatic heterocycles. The fourth-order valence-corrected chi connectivity index (χ4v) is 1.90. The van der Waals surface area contributed by atoms with Crippen LogP contribution >= 0.6 is 23.8 Å². The molecule has 17 heavy (non-hydrogen) atoms. The highest BCUT2D eigenvalue weighted by molar-refractivity contribution is 7.80. The number of halogens is 1. The summed E-state index contributed by atoms with van der Waals surface area (Å²) in [6.07, 6.45) is 0. The van der Waals surface area contributed by atoms with Crippen LogP contribution in [0.1, 0.15) is 5.56 Å². The summed E-state index contributed by atoms with van der Waals surface area (Å²) in [6, 6.07) is 15.1. The first-order valence-electron chi connectivity index (χ1n) is 5.08. The molecule has 0 bridgehead atoms. The minimum atomic E-state index is 0.370. The summed E-state index contributed by atoms with van der Waals surface area (Å²) in [7, 11) is 0. The van der Waals surface area contributed by atoms with Crippen molar-refractivity contribution >= 4 is 40.2 Å². The Labute approximate surface area is 110 Å². The van der Waals surface area contributed by atoms with Gasteiger partial charge in [-0.15, -0.1) is 0 Å². The molecule has 2 aromatic carbocycles. The van der Waals surface area contributed by atoms with E-state index in [0.29, 0.717) is 10.0 Å². The first-order valence-corrected chi connectivity index (χ1v) is 5.87. The first-order chi connectivity index (χ1) is 8.16.